The van der Waals surface area contributed by atoms with Crippen molar-refractivity contribution in [1.82, 2.24) is 15.5 Å². The monoisotopic (exact) mass is 289 g/mol. The molecule has 0 saturated carbocycles. The summed E-state index contributed by atoms with van der Waals surface area (Å²) in [6.07, 6.45) is 0.888. The smallest absolute Gasteiger partial charge is 0.311 e. The number of rotatable bonds is 3. The second-order valence-electron chi connectivity index (χ2n) is 5.42. The van der Waals surface area contributed by atoms with Gasteiger partial charge in [-0.2, -0.15) is 0 Å². The maximum atomic E-state index is 12.1. The van der Waals surface area contributed by atoms with E-state index in [9.17, 15) is 9.59 Å². The molecule has 0 aromatic heterocycles. The molecule has 5 nitrogen and oxygen atoms in total. The van der Waals surface area contributed by atoms with Gasteiger partial charge in [-0.3, -0.25) is 9.59 Å². The summed E-state index contributed by atoms with van der Waals surface area (Å²) in [7, 11) is 0. The van der Waals surface area contributed by atoms with Gasteiger partial charge in [-0.15, -0.1) is 0 Å². The zero-order valence-electron chi connectivity index (χ0n) is 12.5. The summed E-state index contributed by atoms with van der Waals surface area (Å²) in [5.74, 6) is -0.729. The zero-order valence-corrected chi connectivity index (χ0v) is 12.5. The number of nitrogens with one attached hydrogen (secondary N) is 2. The lowest BCUT2D eigenvalue weighted by Gasteiger charge is -2.20. The Hall–Kier alpha value is -1.88. The third kappa shape index (κ3) is 4.56. The van der Waals surface area contributed by atoms with Gasteiger partial charge in [-0.25, -0.2) is 0 Å². The highest BCUT2D eigenvalue weighted by atomic mass is 16.2. The van der Waals surface area contributed by atoms with Crippen LogP contribution in [0.25, 0.3) is 0 Å². The molecule has 21 heavy (non-hydrogen) atoms. The molecule has 1 unspecified atom stereocenters. The number of hydrogen-bond acceptors (Lipinski definition) is 3. The molecule has 0 aliphatic carbocycles. The summed E-state index contributed by atoms with van der Waals surface area (Å²) >= 11 is 0. The number of hydrogen-bond donors (Lipinski definition) is 2. The molecule has 1 saturated heterocycles. The van der Waals surface area contributed by atoms with Gasteiger partial charge in [0, 0.05) is 26.2 Å². The Balaban J connectivity index is 1.82. The first-order chi connectivity index (χ1) is 10.2. The van der Waals surface area contributed by atoms with E-state index in [-0.39, 0.29) is 5.92 Å². The van der Waals surface area contributed by atoms with Crippen molar-refractivity contribution in [3.63, 3.8) is 0 Å². The van der Waals surface area contributed by atoms with Crippen molar-refractivity contribution in [2.45, 2.75) is 19.3 Å². The SMILES string of the molecule is CC(CNC(=O)C(=O)N1CCCNCC1)c1ccccc1. The topological polar surface area (TPSA) is 61.4 Å². The number of benzene rings is 1. The highest BCUT2D eigenvalue weighted by Crippen LogP contribution is 2.12. The molecule has 2 rings (SSSR count). The maximum absolute atomic E-state index is 12.1. The average molecular weight is 289 g/mol. The number of carbonyl (C=O) groups is 2. The third-order valence-corrected chi connectivity index (χ3v) is 3.76. The van der Waals surface area contributed by atoms with E-state index in [1.54, 1.807) is 4.90 Å². The summed E-state index contributed by atoms with van der Waals surface area (Å²) in [5.41, 5.74) is 1.16. The van der Waals surface area contributed by atoms with Crippen molar-refractivity contribution in [3.8, 4) is 0 Å². The minimum Gasteiger partial charge on any atom is -0.347 e. The first kappa shape index (κ1) is 15.5. The van der Waals surface area contributed by atoms with Gasteiger partial charge in [0.2, 0.25) is 0 Å². The van der Waals surface area contributed by atoms with Gasteiger partial charge in [-0.05, 0) is 24.4 Å². The van der Waals surface area contributed by atoms with Crippen LogP contribution in [0.2, 0.25) is 0 Å². The average Bonchev–Trinajstić information content (AvgIpc) is 2.81. The van der Waals surface area contributed by atoms with Crippen LogP contribution in [-0.2, 0) is 9.59 Å². The van der Waals surface area contributed by atoms with Gasteiger partial charge in [0.1, 0.15) is 0 Å². The molecule has 2 amide bonds. The van der Waals surface area contributed by atoms with Crippen molar-refractivity contribution in [3.05, 3.63) is 35.9 Å². The van der Waals surface area contributed by atoms with Crippen molar-refractivity contribution in [2.75, 3.05) is 32.7 Å². The summed E-state index contributed by atoms with van der Waals surface area (Å²) in [5, 5.41) is 5.96. The largest absolute Gasteiger partial charge is 0.347 e. The predicted octanol–water partition coefficient (Wildman–Crippen LogP) is 0.728. The first-order valence-corrected chi connectivity index (χ1v) is 7.51. The van der Waals surface area contributed by atoms with E-state index < -0.39 is 11.8 Å². The van der Waals surface area contributed by atoms with Gasteiger partial charge in [-0.1, -0.05) is 37.3 Å². The second-order valence-corrected chi connectivity index (χ2v) is 5.42. The first-order valence-electron chi connectivity index (χ1n) is 7.51. The molecule has 0 spiro atoms. The molecule has 0 radical (unpaired) electrons. The van der Waals surface area contributed by atoms with Gasteiger partial charge >= 0.3 is 11.8 Å². The Morgan fingerprint density at radius 1 is 1.24 bits per heavy atom. The Morgan fingerprint density at radius 3 is 2.76 bits per heavy atom. The Kier molecular flexibility index (Phi) is 5.75. The molecule has 1 fully saturated rings. The van der Waals surface area contributed by atoms with E-state index in [0.717, 1.165) is 25.1 Å². The lowest BCUT2D eigenvalue weighted by atomic mass is 10.0. The van der Waals surface area contributed by atoms with E-state index in [1.807, 2.05) is 37.3 Å². The van der Waals surface area contributed by atoms with Crippen LogP contribution in [0.1, 0.15) is 24.8 Å². The fourth-order valence-electron chi connectivity index (χ4n) is 2.41. The molecule has 1 aromatic carbocycles. The summed E-state index contributed by atoms with van der Waals surface area (Å²) in [6, 6.07) is 9.97. The minimum atomic E-state index is -0.500. The van der Waals surface area contributed by atoms with Crippen molar-refractivity contribution in [1.29, 1.82) is 0 Å². The number of amides is 2. The van der Waals surface area contributed by atoms with E-state index in [0.29, 0.717) is 19.6 Å². The van der Waals surface area contributed by atoms with Crippen LogP contribution in [-0.4, -0.2) is 49.4 Å². The summed E-state index contributed by atoms with van der Waals surface area (Å²) in [4.78, 5) is 25.7. The van der Waals surface area contributed by atoms with E-state index in [4.69, 9.17) is 0 Å². The molecule has 5 heteroatoms. The van der Waals surface area contributed by atoms with Crippen molar-refractivity contribution < 1.29 is 9.59 Å². The van der Waals surface area contributed by atoms with Gasteiger partial charge in [0.15, 0.2) is 0 Å². The maximum Gasteiger partial charge on any atom is 0.311 e. The van der Waals surface area contributed by atoms with Crippen LogP contribution in [0, 0.1) is 0 Å². The Bertz CT molecular complexity index is 468. The van der Waals surface area contributed by atoms with Crippen LogP contribution < -0.4 is 10.6 Å². The van der Waals surface area contributed by atoms with Crippen LogP contribution in [0.15, 0.2) is 30.3 Å². The number of carbonyl (C=O) groups excluding carboxylic acids is 2. The zero-order chi connectivity index (χ0) is 15.1. The molecule has 1 atom stereocenters. The Morgan fingerprint density at radius 2 is 2.00 bits per heavy atom. The number of nitrogens with zero attached hydrogens (tertiary/aromatic N) is 1. The molecule has 1 aromatic rings. The highest BCUT2D eigenvalue weighted by Gasteiger charge is 2.22. The predicted molar refractivity (Wildman–Crippen MR) is 81.9 cm³/mol. The Labute approximate surface area is 125 Å². The van der Waals surface area contributed by atoms with Crippen LogP contribution >= 0.6 is 0 Å². The minimum absolute atomic E-state index is 0.189. The fraction of sp³-hybridized carbons (Fsp3) is 0.500. The van der Waals surface area contributed by atoms with E-state index in [1.165, 1.54) is 0 Å². The fourth-order valence-corrected chi connectivity index (χ4v) is 2.41. The molecule has 0 bridgehead atoms. The van der Waals surface area contributed by atoms with Crippen LogP contribution in [0.5, 0.6) is 0 Å². The van der Waals surface area contributed by atoms with E-state index in [2.05, 4.69) is 10.6 Å². The molecule has 1 aliphatic rings. The normalized spacial score (nSPS) is 16.9. The van der Waals surface area contributed by atoms with Crippen molar-refractivity contribution >= 4 is 11.8 Å². The highest BCUT2D eigenvalue weighted by molar-refractivity contribution is 6.35. The molecule has 1 aliphatic heterocycles. The molecule has 2 N–H and O–H groups in total. The van der Waals surface area contributed by atoms with E-state index >= 15 is 0 Å². The standard InChI is InChI=1S/C16H23N3O2/c1-13(14-6-3-2-4-7-14)12-18-15(20)16(21)19-10-5-8-17-9-11-19/h2-4,6-7,13,17H,5,8-12H2,1H3,(H,18,20). The van der Waals surface area contributed by atoms with Crippen molar-refractivity contribution in [2.24, 2.45) is 0 Å². The van der Waals surface area contributed by atoms with Gasteiger partial charge < -0.3 is 15.5 Å². The van der Waals surface area contributed by atoms with Gasteiger partial charge in [0.25, 0.3) is 0 Å². The molecular formula is C16H23N3O2. The van der Waals surface area contributed by atoms with Gasteiger partial charge in [0.05, 0.1) is 0 Å². The molecule has 1 heterocycles. The van der Waals surface area contributed by atoms with Crippen LogP contribution in [0.4, 0.5) is 0 Å². The second kappa shape index (κ2) is 7.78. The summed E-state index contributed by atoms with van der Waals surface area (Å²) < 4.78 is 0. The van der Waals surface area contributed by atoms with Crippen LogP contribution in [0.3, 0.4) is 0 Å². The summed E-state index contributed by atoms with van der Waals surface area (Å²) in [6.45, 7) is 5.40. The molecule has 114 valence electrons. The third-order valence-electron chi connectivity index (χ3n) is 3.76. The quantitative estimate of drug-likeness (QED) is 0.806. The molecular weight excluding hydrogens is 266 g/mol. The lowest BCUT2D eigenvalue weighted by molar-refractivity contribution is -0.145. The lowest BCUT2D eigenvalue weighted by Crippen LogP contribution is -2.45.